The van der Waals surface area contributed by atoms with Gasteiger partial charge in [0.25, 0.3) is 0 Å². The number of nitrogens with zero attached hydrogens (tertiary/aromatic N) is 4. The Morgan fingerprint density at radius 3 is 2.40 bits per heavy atom. The SMILES string of the molecule is COc1ccc([C@@H]2C(C#N)=C(N)C(C#N)(C#N)C3=CCN(C(C)C)C[C@H]32)c(OC)c1. The van der Waals surface area contributed by atoms with Crippen LogP contribution in [0.2, 0.25) is 0 Å². The number of allylic oxidation sites excluding steroid dienone is 2. The molecule has 0 unspecified atom stereocenters. The molecule has 0 amide bonds. The van der Waals surface area contributed by atoms with E-state index in [2.05, 4.69) is 37.0 Å². The lowest BCUT2D eigenvalue weighted by molar-refractivity contribution is 0.185. The summed E-state index contributed by atoms with van der Waals surface area (Å²) < 4.78 is 10.9. The summed E-state index contributed by atoms with van der Waals surface area (Å²) in [6.07, 6.45) is 1.94. The van der Waals surface area contributed by atoms with Crippen molar-refractivity contribution >= 4 is 0 Å². The third kappa shape index (κ3) is 3.07. The van der Waals surface area contributed by atoms with E-state index in [1.54, 1.807) is 20.3 Å². The number of hydrogen-bond acceptors (Lipinski definition) is 7. The highest BCUT2D eigenvalue weighted by Crippen LogP contribution is 2.54. The van der Waals surface area contributed by atoms with Crippen LogP contribution in [0.5, 0.6) is 11.5 Å². The van der Waals surface area contributed by atoms with Crippen LogP contribution >= 0.6 is 0 Å². The summed E-state index contributed by atoms with van der Waals surface area (Å²) in [5.74, 6) is 0.513. The summed E-state index contributed by atoms with van der Waals surface area (Å²) in [5.41, 5.74) is 6.44. The average molecular weight is 403 g/mol. The lowest BCUT2D eigenvalue weighted by atomic mass is 9.59. The maximum atomic E-state index is 10.0. The van der Waals surface area contributed by atoms with E-state index in [1.165, 1.54) is 0 Å². The number of nitriles is 3. The molecule has 7 nitrogen and oxygen atoms in total. The van der Waals surface area contributed by atoms with E-state index in [4.69, 9.17) is 15.2 Å². The van der Waals surface area contributed by atoms with Crippen molar-refractivity contribution in [1.82, 2.24) is 4.90 Å². The van der Waals surface area contributed by atoms with Crippen LogP contribution in [0.15, 0.2) is 41.1 Å². The monoisotopic (exact) mass is 403 g/mol. The molecule has 0 spiro atoms. The van der Waals surface area contributed by atoms with E-state index in [-0.39, 0.29) is 23.2 Å². The molecule has 2 aliphatic rings. The van der Waals surface area contributed by atoms with Gasteiger partial charge in [-0.1, -0.05) is 12.1 Å². The first-order valence-electron chi connectivity index (χ1n) is 9.77. The normalized spacial score (nSPS) is 22.9. The molecule has 0 fully saturated rings. The lowest BCUT2D eigenvalue weighted by Crippen LogP contribution is -2.48. The second kappa shape index (κ2) is 8.11. The van der Waals surface area contributed by atoms with Crippen LogP contribution in [0.4, 0.5) is 0 Å². The summed E-state index contributed by atoms with van der Waals surface area (Å²) in [5, 5.41) is 30.0. The van der Waals surface area contributed by atoms with Crippen LogP contribution in [0, 0.1) is 45.3 Å². The Labute approximate surface area is 177 Å². The quantitative estimate of drug-likeness (QED) is 0.768. The zero-order valence-corrected chi connectivity index (χ0v) is 17.6. The fraction of sp³-hybridized carbons (Fsp3) is 0.435. The first-order chi connectivity index (χ1) is 14.4. The predicted octanol–water partition coefficient (Wildman–Crippen LogP) is 2.84. The minimum atomic E-state index is -1.63. The highest BCUT2D eigenvalue weighted by atomic mass is 16.5. The van der Waals surface area contributed by atoms with Crippen molar-refractivity contribution in [3.8, 4) is 29.7 Å². The summed E-state index contributed by atoms with van der Waals surface area (Å²) in [6.45, 7) is 5.42. The molecule has 2 N–H and O–H groups in total. The summed E-state index contributed by atoms with van der Waals surface area (Å²) in [4.78, 5) is 2.26. The maximum absolute atomic E-state index is 10.0. The van der Waals surface area contributed by atoms with Crippen molar-refractivity contribution in [2.75, 3.05) is 27.3 Å². The Hall–Kier alpha value is -3.47. The highest BCUT2D eigenvalue weighted by molar-refractivity contribution is 5.60. The number of hydrogen-bond donors (Lipinski definition) is 1. The van der Waals surface area contributed by atoms with E-state index < -0.39 is 11.3 Å². The number of benzene rings is 1. The Bertz CT molecular complexity index is 1020. The molecule has 7 heteroatoms. The number of rotatable bonds is 4. The van der Waals surface area contributed by atoms with E-state index in [9.17, 15) is 15.8 Å². The highest BCUT2D eigenvalue weighted by Gasteiger charge is 2.53. The van der Waals surface area contributed by atoms with E-state index in [0.717, 1.165) is 5.56 Å². The molecular weight excluding hydrogens is 378 g/mol. The van der Waals surface area contributed by atoms with Crippen LogP contribution in [0.1, 0.15) is 25.3 Å². The first kappa shape index (κ1) is 21.2. The Kier molecular flexibility index (Phi) is 5.74. The lowest BCUT2D eigenvalue weighted by Gasteiger charge is -2.46. The third-order valence-electron chi connectivity index (χ3n) is 6.18. The Balaban J connectivity index is 2.31. The number of nitrogens with two attached hydrogens (primary N) is 1. The maximum Gasteiger partial charge on any atom is 0.204 e. The van der Waals surface area contributed by atoms with Crippen molar-refractivity contribution in [2.45, 2.75) is 25.8 Å². The molecular formula is C23H25N5O2. The van der Waals surface area contributed by atoms with Gasteiger partial charge in [0, 0.05) is 42.6 Å². The van der Waals surface area contributed by atoms with Gasteiger partial charge in [-0.25, -0.2) is 0 Å². The summed E-state index contributed by atoms with van der Waals surface area (Å²) >= 11 is 0. The van der Waals surface area contributed by atoms with Gasteiger partial charge in [-0.3, -0.25) is 4.90 Å². The smallest absolute Gasteiger partial charge is 0.204 e. The van der Waals surface area contributed by atoms with Gasteiger partial charge in [0.1, 0.15) is 11.5 Å². The molecule has 0 saturated carbocycles. The van der Waals surface area contributed by atoms with Gasteiger partial charge in [-0.15, -0.1) is 0 Å². The van der Waals surface area contributed by atoms with Gasteiger partial charge < -0.3 is 15.2 Å². The van der Waals surface area contributed by atoms with Crippen LogP contribution in [0.25, 0.3) is 0 Å². The van der Waals surface area contributed by atoms with Gasteiger partial charge in [0.2, 0.25) is 5.41 Å². The average Bonchev–Trinajstić information content (AvgIpc) is 2.78. The fourth-order valence-corrected chi connectivity index (χ4v) is 4.51. The van der Waals surface area contributed by atoms with Crippen molar-refractivity contribution in [2.24, 2.45) is 17.1 Å². The molecule has 0 aromatic heterocycles. The first-order valence-corrected chi connectivity index (χ1v) is 9.77. The van der Waals surface area contributed by atoms with Crippen LogP contribution in [0.3, 0.4) is 0 Å². The minimum absolute atomic E-state index is 0.0124. The zero-order chi connectivity index (χ0) is 22.1. The molecule has 0 bridgehead atoms. The largest absolute Gasteiger partial charge is 0.497 e. The molecule has 0 radical (unpaired) electrons. The molecule has 1 aromatic carbocycles. The Morgan fingerprint density at radius 2 is 1.87 bits per heavy atom. The van der Waals surface area contributed by atoms with E-state index >= 15 is 0 Å². The van der Waals surface area contributed by atoms with Crippen molar-refractivity contribution in [3.05, 3.63) is 46.7 Å². The van der Waals surface area contributed by atoms with Crippen LogP contribution < -0.4 is 15.2 Å². The van der Waals surface area contributed by atoms with Crippen molar-refractivity contribution in [1.29, 1.82) is 15.8 Å². The standard InChI is InChI=1S/C23H25N5O2/c1-14(2)28-8-7-19-18(11-28)21(16-6-5-15(29-3)9-20(16)30-4)17(10-24)22(27)23(19,12-25)13-26/h5-7,9,14,18,21H,8,11,27H2,1-4H3/t18-,21-/m1/s1. The molecule has 1 aliphatic heterocycles. The molecule has 2 atom stereocenters. The second-order valence-electron chi connectivity index (χ2n) is 7.81. The summed E-state index contributed by atoms with van der Waals surface area (Å²) in [6, 6.07) is 12.1. The molecule has 0 saturated heterocycles. The van der Waals surface area contributed by atoms with Gasteiger partial charge in [0.15, 0.2) is 0 Å². The molecule has 1 heterocycles. The van der Waals surface area contributed by atoms with Gasteiger partial charge in [-0.2, -0.15) is 15.8 Å². The van der Waals surface area contributed by atoms with Crippen LogP contribution in [-0.4, -0.2) is 38.3 Å². The fourth-order valence-electron chi connectivity index (χ4n) is 4.51. The molecule has 154 valence electrons. The predicted molar refractivity (Wildman–Crippen MR) is 111 cm³/mol. The molecule has 3 rings (SSSR count). The molecule has 30 heavy (non-hydrogen) atoms. The van der Waals surface area contributed by atoms with Gasteiger partial charge >= 0.3 is 0 Å². The second-order valence-corrected chi connectivity index (χ2v) is 7.81. The van der Waals surface area contributed by atoms with Crippen LogP contribution in [-0.2, 0) is 0 Å². The van der Waals surface area contributed by atoms with Crippen molar-refractivity contribution in [3.63, 3.8) is 0 Å². The number of methoxy groups -OCH3 is 2. The van der Waals surface area contributed by atoms with Crippen molar-refractivity contribution < 1.29 is 9.47 Å². The Morgan fingerprint density at radius 1 is 1.17 bits per heavy atom. The zero-order valence-electron chi connectivity index (χ0n) is 17.6. The summed E-state index contributed by atoms with van der Waals surface area (Å²) in [7, 11) is 3.14. The molecule has 1 aliphatic carbocycles. The van der Waals surface area contributed by atoms with Gasteiger partial charge in [0.05, 0.1) is 43.7 Å². The third-order valence-corrected chi connectivity index (χ3v) is 6.18. The van der Waals surface area contributed by atoms with E-state index in [1.807, 2.05) is 18.2 Å². The van der Waals surface area contributed by atoms with E-state index in [0.29, 0.717) is 30.2 Å². The van der Waals surface area contributed by atoms with Gasteiger partial charge in [-0.05, 0) is 25.5 Å². The molecule has 1 aromatic rings. The minimum Gasteiger partial charge on any atom is -0.497 e. The number of fused-ring (bicyclic) bond motifs is 1. The number of ether oxygens (including phenoxy) is 2. The topological polar surface area (TPSA) is 119 Å².